The predicted molar refractivity (Wildman–Crippen MR) is 125 cm³/mol. The molecule has 3 rings (SSSR count). The first-order chi connectivity index (χ1) is 15.7. The van der Waals surface area contributed by atoms with E-state index < -0.39 is 27.5 Å². The molecular formula is C24H24F3O5S2+. The van der Waals surface area contributed by atoms with Gasteiger partial charge in [0, 0.05) is 22.6 Å². The van der Waals surface area contributed by atoms with Crippen LogP contribution in [0.25, 0.3) is 11.1 Å². The molecule has 34 heavy (non-hydrogen) atoms. The molecule has 1 aromatic heterocycles. The van der Waals surface area contributed by atoms with E-state index in [4.69, 9.17) is 8.60 Å². The van der Waals surface area contributed by atoms with Crippen molar-refractivity contribution in [2.45, 2.75) is 38.3 Å². The maximum absolute atomic E-state index is 12.7. The van der Waals surface area contributed by atoms with Crippen molar-refractivity contribution in [3.63, 3.8) is 0 Å². The molecule has 2 aromatic carbocycles. The van der Waals surface area contributed by atoms with Gasteiger partial charge in [0.15, 0.2) is 11.3 Å². The Labute approximate surface area is 200 Å². The average Bonchev–Trinajstić information content (AvgIpc) is 2.68. The van der Waals surface area contributed by atoms with E-state index in [0.29, 0.717) is 16.2 Å². The SMILES string of the molecule is Cc1cc(C)c(-c2c(OS(C)(=O)=O)cc(CCSc3ccc(C(F)(F)F)cc3)oc2=[OH+])c(C)c1. The van der Waals surface area contributed by atoms with E-state index in [1.165, 1.54) is 30.0 Å². The topological polar surface area (TPSA) is 77.9 Å². The molecule has 0 fully saturated rings. The molecule has 0 unspecified atom stereocenters. The summed E-state index contributed by atoms with van der Waals surface area (Å²) < 4.78 is 72.7. The second-order valence-electron chi connectivity index (χ2n) is 7.94. The van der Waals surface area contributed by atoms with E-state index in [1.807, 2.05) is 32.9 Å². The van der Waals surface area contributed by atoms with Crippen LogP contribution >= 0.6 is 11.8 Å². The Morgan fingerprint density at radius 1 is 1.00 bits per heavy atom. The summed E-state index contributed by atoms with van der Waals surface area (Å²) in [5, 5.41) is 0. The Hall–Kier alpha value is -2.72. The smallest absolute Gasteiger partial charge is 0.381 e. The van der Waals surface area contributed by atoms with Crippen LogP contribution < -0.4 is 9.81 Å². The quantitative estimate of drug-likeness (QED) is 0.235. The van der Waals surface area contributed by atoms with E-state index in [1.54, 1.807) is 0 Å². The third-order valence-corrected chi connectivity index (χ3v) is 6.44. The van der Waals surface area contributed by atoms with E-state index in [-0.39, 0.29) is 23.5 Å². The minimum atomic E-state index is -4.40. The third kappa shape index (κ3) is 6.44. The molecular weight excluding hydrogens is 489 g/mol. The van der Waals surface area contributed by atoms with Crippen molar-refractivity contribution in [3.05, 3.63) is 76.1 Å². The highest BCUT2D eigenvalue weighted by Crippen LogP contribution is 2.35. The molecule has 182 valence electrons. The molecule has 3 aromatic rings. The number of hydrogen-bond donors (Lipinski definition) is 0. The second-order valence-corrected chi connectivity index (χ2v) is 10.7. The van der Waals surface area contributed by atoms with Gasteiger partial charge in [-0.3, -0.25) is 4.42 Å². The Morgan fingerprint density at radius 2 is 1.59 bits per heavy atom. The standard InChI is InChI=1S/C24H23F3O5S2/c1-14-11-15(2)21(16(3)12-14)22-20(32-34(4,29)30)13-18(31-23(22)28)9-10-33-19-7-5-17(6-8-19)24(25,26)27/h5-8,11-13H,9-10H2,1-4H3/p+1. The fourth-order valence-electron chi connectivity index (χ4n) is 3.69. The molecule has 0 amide bonds. The van der Waals surface area contributed by atoms with Crippen LogP contribution in [0.2, 0.25) is 0 Å². The number of hydrogen-bond acceptors (Lipinski definition) is 5. The van der Waals surface area contributed by atoms with Crippen molar-refractivity contribution in [1.82, 2.24) is 0 Å². The minimum Gasteiger partial charge on any atom is -0.381 e. The van der Waals surface area contributed by atoms with Crippen molar-refractivity contribution in [3.8, 4) is 16.9 Å². The minimum absolute atomic E-state index is 0.0594. The molecule has 0 saturated carbocycles. The lowest BCUT2D eigenvalue weighted by Crippen LogP contribution is -2.15. The largest absolute Gasteiger partial charge is 0.528 e. The maximum atomic E-state index is 12.7. The normalized spacial score (nSPS) is 12.1. The zero-order valence-electron chi connectivity index (χ0n) is 19.0. The van der Waals surface area contributed by atoms with Gasteiger partial charge in [-0.1, -0.05) is 17.7 Å². The van der Waals surface area contributed by atoms with Crippen LogP contribution in [0.4, 0.5) is 13.2 Å². The Morgan fingerprint density at radius 3 is 2.12 bits per heavy atom. The number of alkyl halides is 3. The molecule has 5 nitrogen and oxygen atoms in total. The molecule has 0 aliphatic heterocycles. The van der Waals surface area contributed by atoms with Gasteiger partial charge in [-0.05, 0) is 56.2 Å². The summed E-state index contributed by atoms with van der Waals surface area (Å²) in [6, 6.07) is 10.0. The van der Waals surface area contributed by atoms with E-state index in [2.05, 4.69) is 0 Å². The van der Waals surface area contributed by atoms with Gasteiger partial charge < -0.3 is 8.98 Å². The van der Waals surface area contributed by atoms with Crippen LogP contribution in [0.3, 0.4) is 0 Å². The van der Waals surface area contributed by atoms with E-state index in [0.717, 1.165) is 35.1 Å². The van der Waals surface area contributed by atoms with Gasteiger partial charge in [0.05, 0.1) is 17.9 Å². The number of rotatable bonds is 7. The van der Waals surface area contributed by atoms with Gasteiger partial charge in [0.1, 0.15) is 0 Å². The Bertz CT molecular complexity index is 1340. The third-order valence-electron chi connectivity index (χ3n) is 4.95. The highest BCUT2D eigenvalue weighted by molar-refractivity contribution is 7.99. The molecule has 0 spiro atoms. The fraction of sp³-hybridized carbons (Fsp3) is 0.292. The van der Waals surface area contributed by atoms with Crippen molar-refractivity contribution >= 4 is 21.9 Å². The molecule has 0 radical (unpaired) electrons. The van der Waals surface area contributed by atoms with Gasteiger partial charge in [0.2, 0.25) is 5.76 Å². The van der Waals surface area contributed by atoms with Crippen molar-refractivity contribution in [1.29, 1.82) is 0 Å². The average molecular weight is 514 g/mol. The van der Waals surface area contributed by atoms with Crippen LogP contribution in [0.1, 0.15) is 28.0 Å². The first kappa shape index (κ1) is 25.9. The monoisotopic (exact) mass is 513 g/mol. The van der Waals surface area contributed by atoms with Gasteiger partial charge in [-0.25, -0.2) is 0 Å². The summed E-state index contributed by atoms with van der Waals surface area (Å²) in [5.41, 5.74) is 2.18. The first-order valence-electron chi connectivity index (χ1n) is 10.2. The number of aryl methyl sites for hydroxylation is 4. The van der Waals surface area contributed by atoms with Gasteiger partial charge in [0.25, 0.3) is 0 Å². The molecule has 0 saturated heterocycles. The van der Waals surface area contributed by atoms with Crippen LogP contribution in [0, 0.1) is 20.8 Å². The van der Waals surface area contributed by atoms with E-state index in [9.17, 15) is 26.4 Å². The highest BCUT2D eigenvalue weighted by atomic mass is 32.2. The zero-order valence-corrected chi connectivity index (χ0v) is 20.6. The second kappa shape index (κ2) is 9.87. The lowest BCUT2D eigenvalue weighted by molar-refractivity contribution is -0.137. The Balaban J connectivity index is 1.90. The summed E-state index contributed by atoms with van der Waals surface area (Å²) >= 11 is 1.30. The molecule has 10 heteroatoms. The fourth-order valence-corrected chi connectivity index (χ4v) is 5.02. The predicted octanol–water partition coefficient (Wildman–Crippen LogP) is 5.57. The molecule has 0 atom stereocenters. The zero-order chi connectivity index (χ0) is 25.3. The van der Waals surface area contributed by atoms with Gasteiger partial charge in [-0.2, -0.15) is 21.6 Å². The number of halogens is 3. The Kier molecular flexibility index (Phi) is 7.52. The summed E-state index contributed by atoms with van der Waals surface area (Å²) in [4.78, 5) is 11.3. The van der Waals surface area contributed by atoms with Crippen molar-refractivity contribution < 1.29 is 35.0 Å². The molecule has 1 heterocycles. The maximum Gasteiger partial charge on any atom is 0.528 e. The van der Waals surface area contributed by atoms with Gasteiger partial charge >= 0.3 is 21.9 Å². The van der Waals surface area contributed by atoms with Crippen molar-refractivity contribution in [2.24, 2.45) is 0 Å². The molecule has 0 aliphatic carbocycles. The molecule has 1 N–H and O–H groups in total. The highest BCUT2D eigenvalue weighted by Gasteiger charge is 2.30. The summed E-state index contributed by atoms with van der Waals surface area (Å²) in [5.74, 6) is 0.617. The van der Waals surface area contributed by atoms with Crippen LogP contribution in [0.15, 0.2) is 51.8 Å². The van der Waals surface area contributed by atoms with E-state index >= 15 is 0 Å². The summed E-state index contributed by atoms with van der Waals surface area (Å²) in [6.45, 7) is 5.61. The first-order valence-corrected chi connectivity index (χ1v) is 13.0. The number of benzene rings is 2. The molecule has 0 bridgehead atoms. The van der Waals surface area contributed by atoms with Gasteiger partial charge in [-0.15, -0.1) is 11.8 Å². The van der Waals surface area contributed by atoms with Crippen LogP contribution in [-0.4, -0.2) is 25.2 Å². The molecule has 0 aliphatic rings. The van der Waals surface area contributed by atoms with Crippen LogP contribution in [0.5, 0.6) is 5.75 Å². The van der Waals surface area contributed by atoms with Crippen LogP contribution in [-0.2, 0) is 22.7 Å². The lowest BCUT2D eigenvalue weighted by atomic mass is 9.94. The lowest BCUT2D eigenvalue weighted by Gasteiger charge is -2.12. The number of thioether (sulfide) groups is 1. The summed E-state index contributed by atoms with van der Waals surface area (Å²) in [6.07, 6.45) is -3.22. The van der Waals surface area contributed by atoms with Crippen molar-refractivity contribution in [2.75, 3.05) is 12.0 Å². The summed E-state index contributed by atoms with van der Waals surface area (Å²) in [7, 11) is -3.90.